The molecule has 0 unspecified atom stereocenters. The molecule has 0 saturated carbocycles. The zero-order chi connectivity index (χ0) is 17.7. The highest BCUT2D eigenvalue weighted by molar-refractivity contribution is 5.97. The molecule has 0 aliphatic carbocycles. The average Bonchev–Trinajstić information content (AvgIpc) is 2.85. The Balaban J connectivity index is 2.00. The van der Waals surface area contributed by atoms with Crippen LogP contribution in [0.15, 0.2) is 34.9 Å². The molecule has 128 valence electrons. The number of furan rings is 1. The van der Waals surface area contributed by atoms with Crippen molar-refractivity contribution in [3.8, 4) is 5.75 Å². The van der Waals surface area contributed by atoms with Gasteiger partial charge in [-0.1, -0.05) is 12.1 Å². The Morgan fingerprint density at radius 1 is 1.29 bits per heavy atom. The van der Waals surface area contributed by atoms with Crippen LogP contribution in [-0.2, 0) is 17.8 Å². The van der Waals surface area contributed by atoms with Crippen molar-refractivity contribution in [3.05, 3.63) is 53.0 Å². The lowest BCUT2D eigenvalue weighted by molar-refractivity contribution is -0.136. The van der Waals surface area contributed by atoms with Gasteiger partial charge in [-0.25, -0.2) is 0 Å². The molecule has 1 amide bonds. The largest absolute Gasteiger partial charge is 0.481 e. The lowest BCUT2D eigenvalue weighted by atomic mass is 10.1. The highest BCUT2D eigenvalue weighted by Crippen LogP contribution is 2.18. The summed E-state index contributed by atoms with van der Waals surface area (Å²) in [5.41, 5.74) is 1.39. The summed E-state index contributed by atoms with van der Waals surface area (Å²) in [4.78, 5) is 23.0. The van der Waals surface area contributed by atoms with Crippen LogP contribution in [0.5, 0.6) is 5.75 Å². The monoisotopic (exact) mass is 339 g/mol. The fraction of sp³-hybridized carbons (Fsp3) is 0.250. The summed E-state index contributed by atoms with van der Waals surface area (Å²) in [5, 5.41) is 11.5. The molecule has 1 aromatic heterocycles. The van der Waals surface area contributed by atoms with Gasteiger partial charge in [-0.05, 0) is 24.6 Å². The number of carboxylic acids is 1. The summed E-state index contributed by atoms with van der Waals surface area (Å²) >= 11 is 0. The summed E-state index contributed by atoms with van der Waals surface area (Å²) in [6.45, 7) is -1.11. The Kier molecular flexibility index (Phi) is 5.51. The standard InChI is InChI=1S/C16H15F2NO5/c1-9-8-23-12(6-13(20)21)14(9)15(22)19-7-10-2-4-11(5-3-10)24-16(17)18/h2-5,8,16H,6-7H2,1H3,(H,19,22)(H,20,21). The molecular weight excluding hydrogens is 324 g/mol. The molecule has 0 spiro atoms. The number of amides is 1. The van der Waals surface area contributed by atoms with Gasteiger partial charge >= 0.3 is 12.6 Å². The molecule has 24 heavy (non-hydrogen) atoms. The van der Waals surface area contributed by atoms with Crippen LogP contribution in [0.3, 0.4) is 0 Å². The second-order valence-electron chi connectivity index (χ2n) is 4.99. The van der Waals surface area contributed by atoms with E-state index in [0.717, 1.165) is 0 Å². The number of aliphatic carboxylic acids is 1. The quantitative estimate of drug-likeness (QED) is 0.810. The van der Waals surface area contributed by atoms with E-state index in [0.29, 0.717) is 11.1 Å². The van der Waals surface area contributed by atoms with Crippen LogP contribution in [-0.4, -0.2) is 23.6 Å². The number of carbonyl (C=O) groups is 2. The van der Waals surface area contributed by atoms with Crippen molar-refractivity contribution in [2.75, 3.05) is 0 Å². The van der Waals surface area contributed by atoms with Crippen molar-refractivity contribution in [2.24, 2.45) is 0 Å². The molecule has 0 atom stereocenters. The van der Waals surface area contributed by atoms with Crippen molar-refractivity contribution in [1.29, 1.82) is 0 Å². The van der Waals surface area contributed by atoms with E-state index in [2.05, 4.69) is 10.1 Å². The topological polar surface area (TPSA) is 88.8 Å². The molecule has 1 aromatic carbocycles. The van der Waals surface area contributed by atoms with Crippen molar-refractivity contribution in [2.45, 2.75) is 26.5 Å². The van der Waals surface area contributed by atoms with Crippen molar-refractivity contribution in [3.63, 3.8) is 0 Å². The van der Waals surface area contributed by atoms with E-state index in [9.17, 15) is 18.4 Å². The third-order valence-electron chi connectivity index (χ3n) is 3.19. The number of carbonyl (C=O) groups excluding carboxylic acids is 1. The number of carboxylic acid groups (broad SMARTS) is 1. The second-order valence-corrected chi connectivity index (χ2v) is 4.99. The van der Waals surface area contributed by atoms with Crippen LogP contribution in [0.2, 0.25) is 0 Å². The number of hydrogen-bond donors (Lipinski definition) is 2. The van der Waals surface area contributed by atoms with E-state index in [1.54, 1.807) is 19.1 Å². The fourth-order valence-corrected chi connectivity index (χ4v) is 2.13. The van der Waals surface area contributed by atoms with E-state index in [-0.39, 0.29) is 23.6 Å². The molecule has 2 aromatic rings. The average molecular weight is 339 g/mol. The van der Waals surface area contributed by atoms with Gasteiger partial charge in [0.2, 0.25) is 0 Å². The first-order valence-corrected chi connectivity index (χ1v) is 6.97. The van der Waals surface area contributed by atoms with Crippen LogP contribution >= 0.6 is 0 Å². The molecule has 0 saturated heterocycles. The summed E-state index contributed by atoms with van der Waals surface area (Å²) in [6, 6.07) is 5.82. The Hall–Kier alpha value is -2.90. The van der Waals surface area contributed by atoms with Crippen LogP contribution in [0, 0.1) is 6.92 Å². The molecule has 0 aliphatic heterocycles. The highest BCUT2D eigenvalue weighted by Gasteiger charge is 2.20. The zero-order valence-electron chi connectivity index (χ0n) is 12.7. The maximum absolute atomic E-state index is 12.2. The predicted octanol–water partition coefficient (Wildman–Crippen LogP) is 2.75. The molecule has 6 nitrogen and oxygen atoms in total. The summed E-state index contributed by atoms with van der Waals surface area (Å²) in [7, 11) is 0. The van der Waals surface area contributed by atoms with E-state index in [1.807, 2.05) is 0 Å². The van der Waals surface area contributed by atoms with Gasteiger partial charge in [0.1, 0.15) is 17.9 Å². The number of hydrogen-bond acceptors (Lipinski definition) is 4. The number of rotatable bonds is 7. The van der Waals surface area contributed by atoms with Crippen molar-refractivity contribution < 1.29 is 32.6 Å². The SMILES string of the molecule is Cc1coc(CC(=O)O)c1C(=O)NCc1ccc(OC(F)F)cc1. The first-order valence-electron chi connectivity index (χ1n) is 6.97. The third kappa shape index (κ3) is 4.55. The number of halogens is 2. The van der Waals surface area contributed by atoms with Gasteiger partial charge in [-0.3, -0.25) is 9.59 Å². The maximum Gasteiger partial charge on any atom is 0.387 e. The molecule has 2 rings (SSSR count). The number of nitrogens with one attached hydrogen (secondary N) is 1. The number of alkyl halides is 2. The number of ether oxygens (including phenoxy) is 1. The molecule has 1 heterocycles. The number of benzene rings is 1. The van der Waals surface area contributed by atoms with Crippen LogP contribution in [0.4, 0.5) is 8.78 Å². The second kappa shape index (κ2) is 7.58. The maximum atomic E-state index is 12.2. The van der Waals surface area contributed by atoms with Gasteiger partial charge in [0.05, 0.1) is 11.8 Å². The van der Waals surface area contributed by atoms with Crippen molar-refractivity contribution in [1.82, 2.24) is 5.32 Å². The molecule has 0 aliphatic rings. The minimum Gasteiger partial charge on any atom is -0.481 e. The molecule has 2 N–H and O–H groups in total. The molecule has 0 fully saturated rings. The zero-order valence-corrected chi connectivity index (χ0v) is 12.7. The summed E-state index contributed by atoms with van der Waals surface area (Å²) < 4.78 is 33.5. The molecule has 0 radical (unpaired) electrons. The van der Waals surface area contributed by atoms with E-state index < -0.39 is 24.9 Å². The van der Waals surface area contributed by atoms with Crippen LogP contribution < -0.4 is 10.1 Å². The van der Waals surface area contributed by atoms with Gasteiger partial charge < -0.3 is 19.6 Å². The van der Waals surface area contributed by atoms with Gasteiger partial charge in [0.15, 0.2) is 0 Å². The molecule has 0 bridgehead atoms. The van der Waals surface area contributed by atoms with Gasteiger partial charge in [0, 0.05) is 12.1 Å². The first kappa shape index (κ1) is 17.5. The first-order chi connectivity index (χ1) is 11.4. The van der Waals surface area contributed by atoms with Gasteiger partial charge in [-0.15, -0.1) is 0 Å². The van der Waals surface area contributed by atoms with Crippen LogP contribution in [0.1, 0.15) is 27.2 Å². The Morgan fingerprint density at radius 3 is 2.54 bits per heavy atom. The summed E-state index contributed by atoms with van der Waals surface area (Å²) in [5.74, 6) is -1.47. The number of aryl methyl sites for hydroxylation is 1. The lowest BCUT2D eigenvalue weighted by Crippen LogP contribution is -2.24. The minimum atomic E-state index is -2.90. The van der Waals surface area contributed by atoms with Gasteiger partial charge in [-0.2, -0.15) is 8.78 Å². The normalized spacial score (nSPS) is 10.7. The Labute approximate surface area is 136 Å². The van der Waals surface area contributed by atoms with E-state index in [1.165, 1.54) is 18.4 Å². The molecule has 8 heteroatoms. The third-order valence-corrected chi connectivity index (χ3v) is 3.19. The molecular formula is C16H15F2NO5. The van der Waals surface area contributed by atoms with Crippen LogP contribution in [0.25, 0.3) is 0 Å². The predicted molar refractivity (Wildman–Crippen MR) is 79.0 cm³/mol. The highest BCUT2D eigenvalue weighted by atomic mass is 19.3. The Morgan fingerprint density at radius 2 is 1.96 bits per heavy atom. The van der Waals surface area contributed by atoms with Gasteiger partial charge in [0.25, 0.3) is 5.91 Å². The summed E-state index contributed by atoms with van der Waals surface area (Å²) in [6.07, 6.45) is 0.930. The minimum absolute atomic E-state index is 0.0227. The van der Waals surface area contributed by atoms with E-state index in [4.69, 9.17) is 9.52 Å². The Bertz CT molecular complexity index is 725. The van der Waals surface area contributed by atoms with Crippen molar-refractivity contribution >= 4 is 11.9 Å². The lowest BCUT2D eigenvalue weighted by Gasteiger charge is -2.08. The smallest absolute Gasteiger partial charge is 0.387 e. The van der Waals surface area contributed by atoms with E-state index >= 15 is 0 Å². The fourth-order valence-electron chi connectivity index (χ4n) is 2.13.